The first kappa shape index (κ1) is 12.9. The lowest BCUT2D eigenvalue weighted by molar-refractivity contribution is -0.135. The van der Waals surface area contributed by atoms with Crippen LogP contribution in [0.4, 0.5) is 0 Å². The largest absolute Gasteiger partial charge is 0.340 e. The fourth-order valence-electron chi connectivity index (χ4n) is 2.98. The molecular formula is C14H26N2O. The number of rotatable bonds is 5. The fraction of sp³-hybridized carbons (Fsp3) is 0.929. The Bertz CT molecular complexity index is 245. The molecule has 0 radical (unpaired) electrons. The lowest BCUT2D eigenvalue weighted by atomic mass is 9.90. The van der Waals surface area contributed by atoms with Crippen LogP contribution in [0.5, 0.6) is 0 Å². The molecule has 0 spiro atoms. The molecule has 1 saturated carbocycles. The molecular weight excluding hydrogens is 212 g/mol. The molecule has 0 atom stereocenters. The minimum Gasteiger partial charge on any atom is -0.340 e. The van der Waals surface area contributed by atoms with Gasteiger partial charge in [0.05, 0.1) is 0 Å². The predicted molar refractivity (Wildman–Crippen MR) is 69.9 cm³/mol. The van der Waals surface area contributed by atoms with Gasteiger partial charge in [0, 0.05) is 19.0 Å². The van der Waals surface area contributed by atoms with E-state index in [1.54, 1.807) is 0 Å². The standard InChI is InChI=1S/C14H26N2O/c1-2-16(13-4-3-5-13)14(17)7-6-12-8-10-15-11-9-12/h12-13,15H,2-11H2,1H3. The zero-order valence-corrected chi connectivity index (χ0v) is 11.1. The van der Waals surface area contributed by atoms with E-state index in [-0.39, 0.29) is 0 Å². The van der Waals surface area contributed by atoms with Crippen molar-refractivity contribution < 1.29 is 4.79 Å². The molecule has 1 aliphatic carbocycles. The maximum absolute atomic E-state index is 12.2. The summed E-state index contributed by atoms with van der Waals surface area (Å²) in [6.07, 6.45) is 8.15. The van der Waals surface area contributed by atoms with Crippen LogP contribution in [0, 0.1) is 5.92 Å². The van der Waals surface area contributed by atoms with Crippen molar-refractivity contribution >= 4 is 5.91 Å². The summed E-state index contributed by atoms with van der Waals surface area (Å²) in [6.45, 7) is 5.29. The van der Waals surface area contributed by atoms with Crippen LogP contribution < -0.4 is 5.32 Å². The van der Waals surface area contributed by atoms with Gasteiger partial charge in [-0.25, -0.2) is 0 Å². The summed E-state index contributed by atoms with van der Waals surface area (Å²) in [5.41, 5.74) is 0. The van der Waals surface area contributed by atoms with E-state index < -0.39 is 0 Å². The Morgan fingerprint density at radius 2 is 1.94 bits per heavy atom. The van der Waals surface area contributed by atoms with Crippen molar-refractivity contribution in [1.82, 2.24) is 10.2 Å². The first-order valence-corrected chi connectivity index (χ1v) is 7.31. The van der Waals surface area contributed by atoms with Gasteiger partial charge in [-0.3, -0.25) is 4.79 Å². The van der Waals surface area contributed by atoms with E-state index in [4.69, 9.17) is 0 Å². The van der Waals surface area contributed by atoms with E-state index in [1.807, 2.05) is 0 Å². The van der Waals surface area contributed by atoms with Crippen LogP contribution in [0.2, 0.25) is 0 Å². The molecule has 0 aromatic carbocycles. The van der Waals surface area contributed by atoms with Crippen molar-refractivity contribution in [2.75, 3.05) is 19.6 Å². The van der Waals surface area contributed by atoms with Gasteiger partial charge in [0.2, 0.25) is 5.91 Å². The second-order valence-electron chi connectivity index (χ2n) is 5.50. The number of amides is 1. The van der Waals surface area contributed by atoms with E-state index in [0.29, 0.717) is 11.9 Å². The molecule has 2 rings (SSSR count). The minimum atomic E-state index is 0.399. The molecule has 0 aromatic rings. The second-order valence-corrected chi connectivity index (χ2v) is 5.50. The molecule has 98 valence electrons. The Balaban J connectivity index is 1.71. The first-order valence-electron chi connectivity index (χ1n) is 7.31. The second kappa shape index (κ2) is 6.39. The Kier molecular flexibility index (Phi) is 4.84. The van der Waals surface area contributed by atoms with Crippen LogP contribution in [-0.4, -0.2) is 36.5 Å². The van der Waals surface area contributed by atoms with Crippen molar-refractivity contribution in [2.45, 2.75) is 57.9 Å². The molecule has 3 nitrogen and oxygen atoms in total. The third kappa shape index (κ3) is 3.44. The molecule has 0 unspecified atom stereocenters. The highest BCUT2D eigenvalue weighted by molar-refractivity contribution is 5.76. The number of hydrogen-bond acceptors (Lipinski definition) is 2. The van der Waals surface area contributed by atoms with Crippen molar-refractivity contribution in [2.24, 2.45) is 5.92 Å². The maximum atomic E-state index is 12.2. The Morgan fingerprint density at radius 1 is 1.24 bits per heavy atom. The highest BCUT2D eigenvalue weighted by Gasteiger charge is 2.27. The van der Waals surface area contributed by atoms with Crippen LogP contribution in [0.3, 0.4) is 0 Å². The molecule has 0 bridgehead atoms. The topological polar surface area (TPSA) is 32.3 Å². The first-order chi connectivity index (χ1) is 8.31. The van der Waals surface area contributed by atoms with E-state index >= 15 is 0 Å². The van der Waals surface area contributed by atoms with Gasteiger partial charge in [-0.15, -0.1) is 0 Å². The van der Waals surface area contributed by atoms with Crippen molar-refractivity contribution in [1.29, 1.82) is 0 Å². The number of nitrogens with one attached hydrogen (secondary N) is 1. The van der Waals surface area contributed by atoms with Crippen LogP contribution in [0.1, 0.15) is 51.9 Å². The Labute approximate surface area is 105 Å². The quantitative estimate of drug-likeness (QED) is 0.796. The molecule has 1 saturated heterocycles. The molecule has 1 amide bonds. The van der Waals surface area contributed by atoms with Crippen LogP contribution in [0.25, 0.3) is 0 Å². The van der Waals surface area contributed by atoms with Crippen LogP contribution in [-0.2, 0) is 4.79 Å². The summed E-state index contributed by atoms with van der Waals surface area (Å²) in [4.78, 5) is 14.3. The molecule has 1 heterocycles. The molecule has 2 fully saturated rings. The highest BCUT2D eigenvalue weighted by atomic mass is 16.2. The molecule has 17 heavy (non-hydrogen) atoms. The maximum Gasteiger partial charge on any atom is 0.222 e. The zero-order chi connectivity index (χ0) is 12.1. The molecule has 2 aliphatic rings. The van der Waals surface area contributed by atoms with E-state index in [2.05, 4.69) is 17.1 Å². The van der Waals surface area contributed by atoms with Gasteiger partial charge < -0.3 is 10.2 Å². The lowest BCUT2D eigenvalue weighted by Crippen LogP contribution is -2.44. The van der Waals surface area contributed by atoms with E-state index in [9.17, 15) is 4.79 Å². The van der Waals surface area contributed by atoms with Gasteiger partial charge in [0.25, 0.3) is 0 Å². The molecule has 1 aliphatic heterocycles. The fourth-order valence-corrected chi connectivity index (χ4v) is 2.98. The number of nitrogens with zero attached hydrogens (tertiary/aromatic N) is 1. The van der Waals surface area contributed by atoms with Crippen LogP contribution in [0.15, 0.2) is 0 Å². The van der Waals surface area contributed by atoms with Crippen LogP contribution >= 0.6 is 0 Å². The Hall–Kier alpha value is -0.570. The van der Waals surface area contributed by atoms with Crippen molar-refractivity contribution in [3.8, 4) is 0 Å². The van der Waals surface area contributed by atoms with Gasteiger partial charge in [0.15, 0.2) is 0 Å². The van der Waals surface area contributed by atoms with Gasteiger partial charge in [-0.2, -0.15) is 0 Å². The molecule has 0 aromatic heterocycles. The zero-order valence-electron chi connectivity index (χ0n) is 11.1. The lowest BCUT2D eigenvalue weighted by Gasteiger charge is -2.37. The van der Waals surface area contributed by atoms with Gasteiger partial charge in [-0.05, 0) is 64.5 Å². The Morgan fingerprint density at radius 3 is 2.47 bits per heavy atom. The summed E-state index contributed by atoms with van der Waals surface area (Å²) >= 11 is 0. The summed E-state index contributed by atoms with van der Waals surface area (Å²) < 4.78 is 0. The summed E-state index contributed by atoms with van der Waals surface area (Å²) in [6, 6.07) is 0.570. The van der Waals surface area contributed by atoms with E-state index in [1.165, 1.54) is 32.1 Å². The number of piperidine rings is 1. The monoisotopic (exact) mass is 238 g/mol. The smallest absolute Gasteiger partial charge is 0.222 e. The molecule has 1 N–H and O–H groups in total. The van der Waals surface area contributed by atoms with E-state index in [0.717, 1.165) is 38.4 Å². The number of hydrogen-bond donors (Lipinski definition) is 1. The van der Waals surface area contributed by atoms with Gasteiger partial charge >= 0.3 is 0 Å². The number of carbonyl (C=O) groups excluding carboxylic acids is 1. The molecule has 3 heteroatoms. The van der Waals surface area contributed by atoms with Crippen molar-refractivity contribution in [3.63, 3.8) is 0 Å². The van der Waals surface area contributed by atoms with Crippen molar-refractivity contribution in [3.05, 3.63) is 0 Å². The minimum absolute atomic E-state index is 0.399. The summed E-state index contributed by atoms with van der Waals surface area (Å²) in [5, 5.41) is 3.38. The average Bonchev–Trinajstić information content (AvgIpc) is 2.31. The predicted octanol–water partition coefficient (Wildman–Crippen LogP) is 2.17. The third-order valence-corrected chi connectivity index (χ3v) is 4.40. The van der Waals surface area contributed by atoms with Gasteiger partial charge in [-0.1, -0.05) is 0 Å². The number of carbonyl (C=O) groups is 1. The highest BCUT2D eigenvalue weighted by Crippen LogP contribution is 2.26. The average molecular weight is 238 g/mol. The SMILES string of the molecule is CCN(C(=O)CCC1CCNCC1)C1CCC1. The summed E-state index contributed by atoms with van der Waals surface area (Å²) in [7, 11) is 0. The third-order valence-electron chi connectivity index (χ3n) is 4.40. The summed E-state index contributed by atoms with van der Waals surface area (Å²) in [5.74, 6) is 1.18. The van der Waals surface area contributed by atoms with Gasteiger partial charge in [0.1, 0.15) is 0 Å². The normalized spacial score (nSPS) is 22.2.